The van der Waals surface area contributed by atoms with Gasteiger partial charge in [0.05, 0.1) is 0 Å². The zero-order valence-electron chi connectivity index (χ0n) is 7.55. The van der Waals surface area contributed by atoms with Crippen LogP contribution in [0.15, 0.2) is 0 Å². The minimum absolute atomic E-state index is 0.393. The fourth-order valence-electron chi connectivity index (χ4n) is 0.661. The van der Waals surface area contributed by atoms with Crippen LogP contribution in [0.3, 0.4) is 0 Å². The maximum atomic E-state index is 2.34. The molecule has 10 heavy (non-hydrogen) atoms. The summed E-state index contributed by atoms with van der Waals surface area (Å²) in [4.78, 5) is 0. The van der Waals surface area contributed by atoms with Gasteiger partial charge in [-0.05, 0) is 0 Å². The molecular weight excluding hydrogens is 203 g/mol. The third-order valence-electron chi connectivity index (χ3n) is 1.30. The summed E-state index contributed by atoms with van der Waals surface area (Å²) in [6, 6.07) is 0. The number of rotatable bonds is 5. The van der Waals surface area contributed by atoms with Gasteiger partial charge in [0.1, 0.15) is 0 Å². The van der Waals surface area contributed by atoms with Crippen LogP contribution in [-0.2, 0) is 0 Å². The van der Waals surface area contributed by atoms with E-state index in [0.29, 0.717) is 0 Å². The van der Waals surface area contributed by atoms with Crippen LogP contribution < -0.4 is 0 Å². The summed E-state index contributed by atoms with van der Waals surface area (Å²) in [5, 5.41) is 2.95. The first-order valence-corrected chi connectivity index (χ1v) is 9.98. The van der Waals surface area contributed by atoms with Gasteiger partial charge in [0.2, 0.25) is 0 Å². The van der Waals surface area contributed by atoms with Crippen LogP contribution in [0.2, 0.25) is 10.4 Å². The fraction of sp³-hybridized carbons (Fsp3) is 1.00. The van der Waals surface area contributed by atoms with Crippen molar-refractivity contribution in [2.24, 2.45) is 5.92 Å². The molecule has 0 amide bonds. The Morgan fingerprint density at radius 3 is 2.00 bits per heavy atom. The Labute approximate surface area is 73.4 Å². The first-order valence-electron chi connectivity index (χ1n) is 4.08. The van der Waals surface area contributed by atoms with Crippen molar-refractivity contribution in [1.29, 1.82) is 0 Å². The summed E-state index contributed by atoms with van der Waals surface area (Å²) < 4.78 is 0. The Hall–Kier alpha value is 0.908. The van der Waals surface area contributed by atoms with E-state index in [-0.39, 0.29) is 0 Å². The number of hydrogen-bond acceptors (Lipinski definition) is 1. The zero-order chi connectivity index (χ0) is 7.98. The predicted molar refractivity (Wildman–Crippen MR) is 54.0 cm³/mol. The van der Waals surface area contributed by atoms with Crippen molar-refractivity contribution in [2.45, 2.75) is 38.1 Å². The van der Waals surface area contributed by atoms with E-state index in [4.69, 9.17) is 0 Å². The van der Waals surface area contributed by atoms with Crippen LogP contribution in [0.1, 0.15) is 27.7 Å². The third kappa shape index (κ3) is 5.68. The molecule has 0 aliphatic heterocycles. The normalized spacial score (nSPS) is 11.4. The molecule has 0 unspecified atom stereocenters. The van der Waals surface area contributed by atoms with E-state index in [2.05, 4.69) is 37.7 Å². The summed E-state index contributed by atoms with van der Waals surface area (Å²) in [5.74, 6) is 2.28. The second kappa shape index (κ2) is 6.61. The summed E-state index contributed by atoms with van der Waals surface area (Å²) in [5.41, 5.74) is 0. The van der Waals surface area contributed by atoms with Gasteiger partial charge in [-0.25, -0.2) is 0 Å². The summed E-state index contributed by atoms with van der Waals surface area (Å²) in [6.45, 7) is 9.31. The molecule has 0 heterocycles. The molecular formula is C8H19AsS. The number of hydrogen-bond donors (Lipinski definition) is 0. The predicted octanol–water partition coefficient (Wildman–Crippen LogP) is 3.41. The van der Waals surface area contributed by atoms with Gasteiger partial charge in [0.15, 0.2) is 0 Å². The van der Waals surface area contributed by atoms with Gasteiger partial charge >= 0.3 is 73.3 Å². The molecule has 0 aromatic rings. The third-order valence-corrected chi connectivity index (χ3v) is 11.4. The molecule has 0 aliphatic carbocycles. The minimum atomic E-state index is -0.393. The van der Waals surface area contributed by atoms with Gasteiger partial charge in [0, 0.05) is 0 Å². The maximum absolute atomic E-state index is 2.34. The molecule has 0 aromatic carbocycles. The van der Waals surface area contributed by atoms with Crippen molar-refractivity contribution in [3.05, 3.63) is 0 Å². The first kappa shape index (κ1) is 10.9. The van der Waals surface area contributed by atoms with Crippen LogP contribution in [0.4, 0.5) is 0 Å². The van der Waals surface area contributed by atoms with Crippen LogP contribution in [0.25, 0.3) is 0 Å². The van der Waals surface area contributed by atoms with E-state index in [1.807, 2.05) is 0 Å². The molecule has 2 heteroatoms. The van der Waals surface area contributed by atoms with Gasteiger partial charge in [0.25, 0.3) is 0 Å². The van der Waals surface area contributed by atoms with Crippen molar-refractivity contribution in [1.82, 2.24) is 0 Å². The van der Waals surface area contributed by atoms with Crippen LogP contribution in [0.5, 0.6) is 0 Å². The van der Waals surface area contributed by atoms with E-state index >= 15 is 0 Å². The van der Waals surface area contributed by atoms with Crippen molar-refractivity contribution < 1.29 is 0 Å². The topological polar surface area (TPSA) is 0 Å². The Kier molecular flexibility index (Phi) is 7.21. The van der Waals surface area contributed by atoms with E-state index < -0.39 is 13.5 Å². The van der Waals surface area contributed by atoms with Gasteiger partial charge < -0.3 is 0 Å². The molecule has 0 rings (SSSR count). The Morgan fingerprint density at radius 1 is 1.20 bits per heavy atom. The molecule has 0 saturated heterocycles. The second-order valence-corrected chi connectivity index (χ2v) is 12.4. The Bertz CT molecular complexity index is 69.7. The SMILES string of the molecule is CC[As](CC)SCC(C)C. The van der Waals surface area contributed by atoms with Crippen LogP contribution in [-0.4, -0.2) is 19.2 Å². The molecule has 0 N–H and O–H groups in total. The van der Waals surface area contributed by atoms with Crippen molar-refractivity contribution in [2.75, 3.05) is 5.75 Å². The summed E-state index contributed by atoms with van der Waals surface area (Å²) in [7, 11) is 2.28. The molecule has 62 valence electrons. The molecule has 0 fully saturated rings. The van der Waals surface area contributed by atoms with E-state index in [0.717, 1.165) is 5.92 Å². The quantitative estimate of drug-likeness (QED) is 0.642. The van der Waals surface area contributed by atoms with Crippen molar-refractivity contribution in [3.63, 3.8) is 0 Å². The van der Waals surface area contributed by atoms with Gasteiger partial charge in [-0.1, -0.05) is 0 Å². The monoisotopic (exact) mass is 222 g/mol. The van der Waals surface area contributed by atoms with E-state index in [1.54, 1.807) is 0 Å². The van der Waals surface area contributed by atoms with Gasteiger partial charge in [-0.2, -0.15) is 0 Å². The van der Waals surface area contributed by atoms with Gasteiger partial charge in [-0.3, -0.25) is 0 Å². The standard InChI is InChI=1S/C8H19AsS/c1-5-9(6-2)10-7-8(3)4/h8H,5-7H2,1-4H3. The average molecular weight is 222 g/mol. The molecule has 0 spiro atoms. The first-order chi connectivity index (χ1) is 4.70. The molecule has 0 nitrogen and oxygen atoms in total. The van der Waals surface area contributed by atoms with E-state index in [1.165, 1.54) is 16.2 Å². The average Bonchev–Trinajstić information content (AvgIpc) is 1.90. The van der Waals surface area contributed by atoms with Crippen LogP contribution >= 0.6 is 10.0 Å². The molecule has 0 saturated carbocycles. The zero-order valence-corrected chi connectivity index (χ0v) is 10.2. The second-order valence-electron chi connectivity index (χ2n) is 2.80. The summed E-state index contributed by atoms with van der Waals surface area (Å²) >= 11 is -0.393. The van der Waals surface area contributed by atoms with Crippen molar-refractivity contribution >= 4 is 23.5 Å². The fourth-order valence-corrected chi connectivity index (χ4v) is 7.97. The molecule has 0 aromatic heterocycles. The Morgan fingerprint density at radius 2 is 1.70 bits per heavy atom. The molecule has 0 radical (unpaired) electrons. The van der Waals surface area contributed by atoms with Gasteiger partial charge in [-0.15, -0.1) is 0 Å². The summed E-state index contributed by atoms with van der Waals surface area (Å²) in [6.07, 6.45) is 0. The molecule has 0 aliphatic rings. The van der Waals surface area contributed by atoms with Crippen LogP contribution in [0, 0.1) is 5.92 Å². The van der Waals surface area contributed by atoms with Crippen molar-refractivity contribution in [3.8, 4) is 0 Å². The molecule has 0 bridgehead atoms. The Balaban J connectivity index is 3.26. The molecule has 0 atom stereocenters. The van der Waals surface area contributed by atoms with E-state index in [9.17, 15) is 0 Å².